The fraction of sp³-hybridized carbons (Fsp3) is 0.423. The molecule has 1 N–H and O–H groups in total. The van der Waals surface area contributed by atoms with E-state index in [1.54, 1.807) is 0 Å². The molecule has 166 valence electrons. The summed E-state index contributed by atoms with van der Waals surface area (Å²) in [5.41, 5.74) is 2.98. The van der Waals surface area contributed by atoms with Gasteiger partial charge in [-0.25, -0.2) is 4.98 Å². The summed E-state index contributed by atoms with van der Waals surface area (Å²) in [5.74, 6) is 1.05. The fourth-order valence-electron chi connectivity index (χ4n) is 5.29. The Labute approximate surface area is 188 Å². The highest BCUT2D eigenvalue weighted by Gasteiger charge is 2.45. The summed E-state index contributed by atoms with van der Waals surface area (Å²) >= 11 is 0. The fourth-order valence-corrected chi connectivity index (χ4v) is 5.29. The number of fused-ring (bicyclic) bond motifs is 3. The Morgan fingerprint density at radius 2 is 1.81 bits per heavy atom. The minimum absolute atomic E-state index is 0.00946. The molecule has 0 spiro atoms. The number of carbonyl (C=O) groups excluding carboxylic acids is 2. The van der Waals surface area contributed by atoms with E-state index in [-0.39, 0.29) is 24.3 Å². The van der Waals surface area contributed by atoms with Gasteiger partial charge in [-0.15, -0.1) is 0 Å². The number of hydrogen-bond donors (Lipinski definition) is 1. The molecular formula is C26H30N4O2. The van der Waals surface area contributed by atoms with Crippen LogP contribution in [0.25, 0.3) is 11.0 Å². The molecule has 0 unspecified atom stereocenters. The molecule has 0 radical (unpaired) electrons. The molecule has 3 atom stereocenters. The third kappa shape index (κ3) is 3.78. The van der Waals surface area contributed by atoms with Crippen LogP contribution in [0.15, 0.2) is 54.6 Å². The number of carbonyl (C=O) groups is 2. The van der Waals surface area contributed by atoms with Crippen molar-refractivity contribution in [3.63, 3.8) is 0 Å². The van der Waals surface area contributed by atoms with Crippen molar-refractivity contribution in [3.8, 4) is 0 Å². The maximum absolute atomic E-state index is 13.6. The van der Waals surface area contributed by atoms with E-state index in [1.807, 2.05) is 51.9 Å². The van der Waals surface area contributed by atoms with E-state index in [9.17, 15) is 9.59 Å². The second kappa shape index (κ2) is 8.77. The maximum atomic E-state index is 13.6. The molecule has 1 aromatic heterocycles. The molecule has 1 aliphatic heterocycles. The van der Waals surface area contributed by atoms with Crippen molar-refractivity contribution in [2.45, 2.75) is 57.5 Å². The first-order valence-electron chi connectivity index (χ1n) is 11.7. The molecule has 1 aliphatic carbocycles. The number of hydrogen-bond acceptors (Lipinski definition) is 3. The molecule has 0 bridgehead atoms. The molecule has 2 aromatic carbocycles. The van der Waals surface area contributed by atoms with E-state index in [1.165, 1.54) is 12.0 Å². The van der Waals surface area contributed by atoms with Crippen molar-refractivity contribution in [2.24, 2.45) is 5.92 Å². The van der Waals surface area contributed by atoms with Crippen LogP contribution in [0.3, 0.4) is 0 Å². The number of nitrogens with zero attached hydrogens (tertiary/aromatic N) is 3. The highest BCUT2D eigenvalue weighted by molar-refractivity contribution is 6.04. The van der Waals surface area contributed by atoms with E-state index in [0.29, 0.717) is 18.4 Å². The molecule has 0 saturated heterocycles. The first kappa shape index (κ1) is 20.7. The second-order valence-corrected chi connectivity index (χ2v) is 9.11. The van der Waals surface area contributed by atoms with E-state index < -0.39 is 6.04 Å². The van der Waals surface area contributed by atoms with E-state index in [0.717, 1.165) is 36.7 Å². The van der Waals surface area contributed by atoms with Crippen molar-refractivity contribution in [2.75, 3.05) is 11.4 Å². The van der Waals surface area contributed by atoms with Crippen molar-refractivity contribution < 1.29 is 9.59 Å². The predicted octanol–water partition coefficient (Wildman–Crippen LogP) is 4.25. The Morgan fingerprint density at radius 3 is 2.62 bits per heavy atom. The molecule has 6 heteroatoms. The van der Waals surface area contributed by atoms with Gasteiger partial charge in [0.05, 0.1) is 17.5 Å². The van der Waals surface area contributed by atoms with E-state index in [2.05, 4.69) is 24.4 Å². The van der Waals surface area contributed by atoms with Gasteiger partial charge in [0.15, 0.2) is 0 Å². The lowest BCUT2D eigenvalue weighted by molar-refractivity contribution is -0.127. The van der Waals surface area contributed by atoms with Gasteiger partial charge in [0.1, 0.15) is 6.04 Å². The summed E-state index contributed by atoms with van der Waals surface area (Å²) in [5, 5.41) is 3.01. The van der Waals surface area contributed by atoms with E-state index in [4.69, 9.17) is 4.98 Å². The Kier molecular flexibility index (Phi) is 5.68. The van der Waals surface area contributed by atoms with Crippen LogP contribution >= 0.6 is 0 Å². The third-order valence-electron chi connectivity index (χ3n) is 6.98. The van der Waals surface area contributed by atoms with Crippen molar-refractivity contribution >= 4 is 28.8 Å². The molecular weight excluding hydrogens is 400 g/mol. The first-order chi connectivity index (χ1) is 15.6. The molecule has 2 amide bonds. The summed E-state index contributed by atoms with van der Waals surface area (Å²) in [4.78, 5) is 33.2. The zero-order valence-corrected chi connectivity index (χ0v) is 18.5. The summed E-state index contributed by atoms with van der Waals surface area (Å²) in [6.45, 7) is 2.79. The molecule has 6 nitrogen and oxygen atoms in total. The molecule has 3 aromatic rings. The Hall–Kier alpha value is -3.15. The topological polar surface area (TPSA) is 67.2 Å². The second-order valence-electron chi connectivity index (χ2n) is 9.11. The number of aromatic nitrogens is 2. The Balaban J connectivity index is 1.37. The predicted molar refractivity (Wildman–Crippen MR) is 125 cm³/mol. The smallest absolute Gasteiger partial charge is 0.253 e. The Bertz CT molecular complexity index is 1120. The monoisotopic (exact) mass is 430 g/mol. The number of benzene rings is 2. The van der Waals surface area contributed by atoms with Gasteiger partial charge < -0.3 is 5.32 Å². The van der Waals surface area contributed by atoms with Crippen LogP contribution < -0.4 is 10.2 Å². The van der Waals surface area contributed by atoms with Crippen LogP contribution in [0.1, 0.15) is 50.6 Å². The van der Waals surface area contributed by atoms with Crippen LogP contribution in [-0.2, 0) is 16.0 Å². The van der Waals surface area contributed by atoms with Gasteiger partial charge in [-0.1, -0.05) is 62.2 Å². The Morgan fingerprint density at radius 1 is 1.06 bits per heavy atom. The highest BCUT2D eigenvalue weighted by atomic mass is 16.2. The van der Waals surface area contributed by atoms with Crippen molar-refractivity contribution in [3.05, 3.63) is 60.2 Å². The summed E-state index contributed by atoms with van der Waals surface area (Å²) in [6.07, 6.45) is 5.37. The molecule has 32 heavy (non-hydrogen) atoms. The summed E-state index contributed by atoms with van der Waals surface area (Å²) in [7, 11) is 0. The molecule has 2 heterocycles. The van der Waals surface area contributed by atoms with Crippen LogP contribution in [-0.4, -0.2) is 34.0 Å². The maximum Gasteiger partial charge on any atom is 0.253 e. The zero-order chi connectivity index (χ0) is 22.1. The van der Waals surface area contributed by atoms with Gasteiger partial charge in [0.2, 0.25) is 11.9 Å². The lowest BCUT2D eigenvalue weighted by Crippen LogP contribution is -2.45. The number of rotatable bonds is 6. The normalized spacial score (nSPS) is 22.8. The molecule has 1 saturated carbocycles. The van der Waals surface area contributed by atoms with Crippen molar-refractivity contribution in [1.29, 1.82) is 0 Å². The minimum atomic E-state index is -0.539. The number of amides is 2. The standard InChI is InChI=1S/C26H30N4O2/c1-18-9-5-7-13-21(18)30-25(32)23(29-22-14-8-6-12-20(22)28-26(29)30)17-24(31)27-16-15-19-10-3-2-4-11-19/h2-4,6,8,10-12,14,18,21,23H,5,7,9,13,15-17H2,1H3,(H,27,31)/t18-,21+,23-/m1/s1. The number of anilines is 1. The van der Waals surface area contributed by atoms with Crippen LogP contribution in [0.4, 0.5) is 5.95 Å². The van der Waals surface area contributed by atoms with Crippen LogP contribution in [0.5, 0.6) is 0 Å². The zero-order valence-electron chi connectivity index (χ0n) is 18.5. The molecule has 1 fully saturated rings. The van der Waals surface area contributed by atoms with Gasteiger partial charge in [-0.05, 0) is 42.9 Å². The summed E-state index contributed by atoms with van der Waals surface area (Å²) < 4.78 is 2.00. The SMILES string of the molecule is C[C@@H]1CCCC[C@@H]1N1C(=O)[C@@H](CC(=O)NCCc2ccccc2)n2c1nc1ccccc12. The lowest BCUT2D eigenvalue weighted by atomic mass is 9.85. The quantitative estimate of drug-likeness (QED) is 0.636. The average molecular weight is 431 g/mol. The lowest BCUT2D eigenvalue weighted by Gasteiger charge is -2.35. The van der Waals surface area contributed by atoms with Gasteiger partial charge in [-0.2, -0.15) is 0 Å². The third-order valence-corrected chi connectivity index (χ3v) is 6.98. The van der Waals surface area contributed by atoms with Crippen LogP contribution in [0.2, 0.25) is 0 Å². The van der Waals surface area contributed by atoms with Gasteiger partial charge in [-0.3, -0.25) is 19.1 Å². The number of para-hydroxylation sites is 2. The van der Waals surface area contributed by atoms with Gasteiger partial charge >= 0.3 is 0 Å². The minimum Gasteiger partial charge on any atom is -0.356 e. The molecule has 2 aliphatic rings. The molecule has 5 rings (SSSR count). The van der Waals surface area contributed by atoms with Gasteiger partial charge in [0, 0.05) is 12.6 Å². The number of imidazole rings is 1. The van der Waals surface area contributed by atoms with Crippen LogP contribution in [0, 0.1) is 5.92 Å². The van der Waals surface area contributed by atoms with Gasteiger partial charge in [0.25, 0.3) is 5.91 Å². The average Bonchev–Trinajstić information content (AvgIpc) is 3.29. The number of nitrogens with one attached hydrogen (secondary N) is 1. The largest absolute Gasteiger partial charge is 0.356 e. The van der Waals surface area contributed by atoms with E-state index >= 15 is 0 Å². The summed E-state index contributed by atoms with van der Waals surface area (Å²) in [6, 6.07) is 17.6. The first-order valence-corrected chi connectivity index (χ1v) is 11.7. The highest BCUT2D eigenvalue weighted by Crippen LogP contribution is 2.41. The van der Waals surface area contributed by atoms with Crippen molar-refractivity contribution in [1.82, 2.24) is 14.9 Å².